The third-order valence-electron chi connectivity index (χ3n) is 6.12. The molecule has 1 amide bonds. The maximum Gasteiger partial charge on any atom is 0.251 e. The second-order valence-electron chi connectivity index (χ2n) is 8.46. The summed E-state index contributed by atoms with van der Waals surface area (Å²) in [5, 5.41) is 4.02. The lowest BCUT2D eigenvalue weighted by Gasteiger charge is -2.34. The fourth-order valence-corrected chi connectivity index (χ4v) is 5.19. The summed E-state index contributed by atoms with van der Waals surface area (Å²) in [6, 6.07) is 11.2. The zero-order valence-electron chi connectivity index (χ0n) is 20.7. The molecule has 1 aliphatic rings. The van der Waals surface area contributed by atoms with Crippen molar-refractivity contribution >= 4 is 32.6 Å². The number of rotatable bonds is 11. The van der Waals surface area contributed by atoms with Gasteiger partial charge in [-0.1, -0.05) is 30.7 Å². The molecule has 0 unspecified atom stereocenters. The van der Waals surface area contributed by atoms with Crippen molar-refractivity contribution in [2.45, 2.75) is 19.8 Å². The fourth-order valence-electron chi connectivity index (χ4n) is 4.06. The van der Waals surface area contributed by atoms with Crippen molar-refractivity contribution in [2.24, 2.45) is 0 Å². The summed E-state index contributed by atoms with van der Waals surface area (Å²) < 4.78 is 17.7. The van der Waals surface area contributed by atoms with Gasteiger partial charge in [-0.2, -0.15) is 0 Å². The zero-order valence-corrected chi connectivity index (χ0v) is 21.5. The topological polar surface area (TPSA) is 76.2 Å². The van der Waals surface area contributed by atoms with Crippen LogP contribution >= 0.6 is 11.3 Å². The summed E-state index contributed by atoms with van der Waals surface area (Å²) in [7, 11) is 3.34. The minimum atomic E-state index is -0.0676. The van der Waals surface area contributed by atoms with E-state index in [-0.39, 0.29) is 5.91 Å². The molecular formula is C26H34N4O4S. The number of nitrogens with zero attached hydrogens (tertiary/aromatic N) is 3. The van der Waals surface area contributed by atoms with Crippen LogP contribution < -0.4 is 24.4 Å². The Morgan fingerprint density at radius 1 is 1.09 bits per heavy atom. The number of thiazole rings is 1. The highest BCUT2D eigenvalue weighted by Crippen LogP contribution is 2.40. The third-order valence-corrected chi connectivity index (χ3v) is 7.25. The van der Waals surface area contributed by atoms with Crippen molar-refractivity contribution in [2.75, 3.05) is 65.0 Å². The van der Waals surface area contributed by atoms with Crippen molar-refractivity contribution in [3.8, 4) is 17.2 Å². The van der Waals surface area contributed by atoms with Crippen LogP contribution in [0.4, 0.5) is 5.13 Å². The molecule has 0 radical (unpaired) electrons. The van der Waals surface area contributed by atoms with E-state index in [9.17, 15) is 4.79 Å². The number of fused-ring (bicyclic) bond motifs is 1. The Balaban J connectivity index is 1.26. The maximum absolute atomic E-state index is 12.6. The molecule has 9 heteroatoms. The molecule has 0 aliphatic carbocycles. The molecule has 2 heterocycles. The number of hydrogen-bond donors (Lipinski definition) is 1. The van der Waals surface area contributed by atoms with Gasteiger partial charge in [-0.25, -0.2) is 4.98 Å². The van der Waals surface area contributed by atoms with E-state index >= 15 is 0 Å². The lowest BCUT2D eigenvalue weighted by molar-refractivity contribution is 0.0947. The van der Waals surface area contributed by atoms with E-state index in [1.54, 1.807) is 25.6 Å². The van der Waals surface area contributed by atoms with E-state index in [1.165, 1.54) is 0 Å². The summed E-state index contributed by atoms with van der Waals surface area (Å²) in [5.41, 5.74) is 1.47. The van der Waals surface area contributed by atoms with Gasteiger partial charge in [0.05, 0.1) is 20.8 Å². The quantitative estimate of drug-likeness (QED) is 0.400. The summed E-state index contributed by atoms with van der Waals surface area (Å²) in [5.74, 6) is 2.25. The van der Waals surface area contributed by atoms with Crippen LogP contribution in [-0.4, -0.2) is 75.9 Å². The number of carbonyl (C=O) groups excluding carboxylic acids is 1. The van der Waals surface area contributed by atoms with Gasteiger partial charge >= 0.3 is 0 Å². The average molecular weight is 499 g/mol. The minimum absolute atomic E-state index is 0.0676. The van der Waals surface area contributed by atoms with Gasteiger partial charge < -0.3 is 24.4 Å². The summed E-state index contributed by atoms with van der Waals surface area (Å²) in [4.78, 5) is 22.1. The van der Waals surface area contributed by atoms with E-state index in [4.69, 9.17) is 19.2 Å². The Kier molecular flexibility index (Phi) is 8.65. The van der Waals surface area contributed by atoms with Crippen LogP contribution in [0, 0.1) is 0 Å². The lowest BCUT2D eigenvalue weighted by atomic mass is 10.2. The van der Waals surface area contributed by atoms with Crippen molar-refractivity contribution in [1.29, 1.82) is 0 Å². The van der Waals surface area contributed by atoms with Crippen LogP contribution in [0.5, 0.6) is 17.2 Å². The average Bonchev–Trinajstić information content (AvgIpc) is 3.34. The Bertz CT molecular complexity index is 1090. The van der Waals surface area contributed by atoms with Crippen LogP contribution in [0.2, 0.25) is 0 Å². The van der Waals surface area contributed by atoms with Gasteiger partial charge in [0.2, 0.25) is 0 Å². The molecule has 0 spiro atoms. The first kappa shape index (κ1) is 25.1. The Labute approximate surface area is 210 Å². The number of carbonyl (C=O) groups is 1. The van der Waals surface area contributed by atoms with Crippen LogP contribution in [-0.2, 0) is 0 Å². The molecule has 35 heavy (non-hydrogen) atoms. The number of ether oxygens (including phenoxy) is 3. The Morgan fingerprint density at radius 2 is 1.86 bits per heavy atom. The van der Waals surface area contributed by atoms with Crippen LogP contribution in [0.25, 0.3) is 10.2 Å². The van der Waals surface area contributed by atoms with Crippen molar-refractivity contribution < 1.29 is 19.0 Å². The van der Waals surface area contributed by atoms with Crippen LogP contribution in [0.3, 0.4) is 0 Å². The predicted octanol–water partition coefficient (Wildman–Crippen LogP) is 4.04. The maximum atomic E-state index is 12.6. The molecule has 3 aromatic rings. The number of unbranched alkanes of at least 4 members (excludes halogenated alkanes) is 1. The fraction of sp³-hybridized carbons (Fsp3) is 0.462. The van der Waals surface area contributed by atoms with Crippen LogP contribution in [0.15, 0.2) is 36.4 Å². The Hall–Kier alpha value is -3.04. The van der Waals surface area contributed by atoms with Gasteiger partial charge in [0.25, 0.3) is 5.91 Å². The highest BCUT2D eigenvalue weighted by atomic mass is 32.1. The number of nitrogens with one attached hydrogen (secondary N) is 1. The monoisotopic (exact) mass is 498 g/mol. The van der Waals surface area contributed by atoms with E-state index in [0.29, 0.717) is 18.7 Å². The lowest BCUT2D eigenvalue weighted by Crippen LogP contribution is -2.48. The number of piperazine rings is 1. The first-order valence-electron chi connectivity index (χ1n) is 12.1. The highest BCUT2D eigenvalue weighted by Gasteiger charge is 2.22. The van der Waals surface area contributed by atoms with Crippen molar-refractivity contribution in [1.82, 2.24) is 15.2 Å². The van der Waals surface area contributed by atoms with Gasteiger partial charge in [-0.05, 0) is 36.8 Å². The molecule has 0 bridgehead atoms. The summed E-state index contributed by atoms with van der Waals surface area (Å²) in [6.45, 7) is 7.82. The molecule has 0 saturated carbocycles. The molecule has 1 saturated heterocycles. The molecule has 8 nitrogen and oxygen atoms in total. The second kappa shape index (κ2) is 12.1. The number of hydrogen-bond acceptors (Lipinski definition) is 8. The molecule has 1 aromatic heterocycles. The number of methoxy groups -OCH3 is 2. The molecule has 0 atom stereocenters. The number of anilines is 1. The number of aromatic nitrogens is 1. The van der Waals surface area contributed by atoms with E-state index in [0.717, 1.165) is 78.2 Å². The molecule has 1 fully saturated rings. The van der Waals surface area contributed by atoms with Gasteiger partial charge in [-0.15, -0.1) is 0 Å². The van der Waals surface area contributed by atoms with Gasteiger partial charge in [-0.3, -0.25) is 9.69 Å². The van der Waals surface area contributed by atoms with Crippen molar-refractivity contribution in [3.05, 3.63) is 42.0 Å². The highest BCUT2D eigenvalue weighted by molar-refractivity contribution is 7.22. The smallest absolute Gasteiger partial charge is 0.251 e. The van der Waals surface area contributed by atoms with E-state index in [1.807, 2.05) is 36.4 Å². The van der Waals surface area contributed by atoms with E-state index < -0.39 is 0 Å². The predicted molar refractivity (Wildman–Crippen MR) is 141 cm³/mol. The number of amides is 1. The normalized spacial score (nSPS) is 14.2. The molecule has 1 aliphatic heterocycles. The van der Waals surface area contributed by atoms with Gasteiger partial charge in [0.1, 0.15) is 27.5 Å². The SMILES string of the molecule is CCCCOc1cccc(C(=O)NCCN2CCN(c3nc4c(OC)ccc(OC)c4s3)CC2)c1. The zero-order chi connectivity index (χ0) is 24.6. The standard InChI is InChI=1S/C26H34N4O4S/c1-4-5-17-34-20-8-6-7-19(18-20)25(31)27-11-12-29-13-15-30(16-14-29)26-28-23-21(32-2)9-10-22(33-3)24(23)35-26/h6-10,18H,4-5,11-17H2,1-3H3,(H,27,31). The molecular weight excluding hydrogens is 464 g/mol. The molecule has 4 rings (SSSR count). The molecule has 1 N–H and O–H groups in total. The molecule has 2 aromatic carbocycles. The molecule has 188 valence electrons. The van der Waals surface area contributed by atoms with Gasteiger partial charge in [0.15, 0.2) is 5.13 Å². The third kappa shape index (κ3) is 6.15. The van der Waals surface area contributed by atoms with E-state index in [2.05, 4.69) is 22.0 Å². The van der Waals surface area contributed by atoms with Crippen LogP contribution in [0.1, 0.15) is 30.1 Å². The van der Waals surface area contributed by atoms with Gasteiger partial charge in [0, 0.05) is 44.8 Å². The number of benzene rings is 2. The second-order valence-corrected chi connectivity index (χ2v) is 9.44. The first-order chi connectivity index (χ1) is 17.1. The minimum Gasteiger partial charge on any atom is -0.495 e. The Morgan fingerprint density at radius 3 is 2.60 bits per heavy atom. The summed E-state index contributed by atoms with van der Waals surface area (Å²) in [6.07, 6.45) is 2.09. The largest absolute Gasteiger partial charge is 0.495 e. The summed E-state index contributed by atoms with van der Waals surface area (Å²) >= 11 is 1.64. The van der Waals surface area contributed by atoms with Crippen molar-refractivity contribution in [3.63, 3.8) is 0 Å². The first-order valence-corrected chi connectivity index (χ1v) is 12.9.